The standard InChI is InChI=1S/C15H17N3O2/c1-20-9-7-18(6-8-19)15-12(10-16)11-17-14-5-3-2-4-13(14)15/h2-5,11,19H,6-9H2,1H3. The lowest BCUT2D eigenvalue weighted by Crippen LogP contribution is -2.31. The smallest absolute Gasteiger partial charge is 0.103 e. The van der Waals surface area contributed by atoms with Gasteiger partial charge in [-0.25, -0.2) is 0 Å². The van der Waals surface area contributed by atoms with Gasteiger partial charge in [-0.1, -0.05) is 18.2 Å². The molecular formula is C15H17N3O2. The van der Waals surface area contributed by atoms with E-state index in [9.17, 15) is 10.4 Å². The molecule has 104 valence electrons. The number of aliphatic hydroxyl groups excluding tert-OH is 1. The minimum Gasteiger partial charge on any atom is -0.395 e. The third-order valence-corrected chi connectivity index (χ3v) is 3.12. The molecule has 0 unspecified atom stereocenters. The van der Waals surface area contributed by atoms with Crippen LogP contribution >= 0.6 is 0 Å². The molecule has 0 saturated carbocycles. The van der Waals surface area contributed by atoms with Crippen LogP contribution < -0.4 is 4.90 Å². The Hall–Kier alpha value is -2.16. The van der Waals surface area contributed by atoms with Crippen molar-refractivity contribution in [2.75, 3.05) is 38.3 Å². The van der Waals surface area contributed by atoms with Gasteiger partial charge < -0.3 is 14.7 Å². The number of aliphatic hydroxyl groups is 1. The Kier molecular flexibility index (Phi) is 4.88. The average Bonchev–Trinajstić information content (AvgIpc) is 2.50. The van der Waals surface area contributed by atoms with E-state index in [-0.39, 0.29) is 6.61 Å². The van der Waals surface area contributed by atoms with Gasteiger partial charge in [0.05, 0.1) is 30.0 Å². The van der Waals surface area contributed by atoms with Crippen LogP contribution in [0.15, 0.2) is 30.5 Å². The van der Waals surface area contributed by atoms with E-state index < -0.39 is 0 Å². The first-order valence-electron chi connectivity index (χ1n) is 6.44. The number of pyridine rings is 1. The summed E-state index contributed by atoms with van der Waals surface area (Å²) in [7, 11) is 1.63. The first kappa shape index (κ1) is 14.3. The van der Waals surface area contributed by atoms with E-state index in [2.05, 4.69) is 11.1 Å². The van der Waals surface area contributed by atoms with Gasteiger partial charge in [0.25, 0.3) is 0 Å². The highest BCUT2D eigenvalue weighted by molar-refractivity contribution is 5.94. The molecule has 0 radical (unpaired) electrons. The van der Waals surface area contributed by atoms with Crippen LogP contribution in [0.2, 0.25) is 0 Å². The summed E-state index contributed by atoms with van der Waals surface area (Å²) in [5.74, 6) is 0. The van der Waals surface area contributed by atoms with E-state index >= 15 is 0 Å². The number of para-hydroxylation sites is 1. The predicted octanol–water partition coefficient (Wildman–Crippen LogP) is 1.55. The number of aromatic nitrogens is 1. The highest BCUT2D eigenvalue weighted by atomic mass is 16.5. The Balaban J connectivity index is 2.55. The van der Waals surface area contributed by atoms with Crippen molar-refractivity contribution in [3.05, 3.63) is 36.0 Å². The molecule has 1 aromatic carbocycles. The zero-order valence-corrected chi connectivity index (χ0v) is 11.4. The van der Waals surface area contributed by atoms with E-state index in [0.717, 1.165) is 16.6 Å². The molecule has 0 aliphatic carbocycles. The summed E-state index contributed by atoms with van der Waals surface area (Å²) in [4.78, 5) is 6.26. The number of anilines is 1. The Labute approximate surface area is 118 Å². The van der Waals surface area contributed by atoms with Crippen LogP contribution in [0.3, 0.4) is 0 Å². The SMILES string of the molecule is COCCN(CCO)c1c(C#N)cnc2ccccc12. The number of hydrogen-bond acceptors (Lipinski definition) is 5. The van der Waals surface area contributed by atoms with Gasteiger partial charge in [-0.05, 0) is 6.07 Å². The van der Waals surface area contributed by atoms with Crippen molar-refractivity contribution in [1.82, 2.24) is 4.98 Å². The molecule has 20 heavy (non-hydrogen) atoms. The Bertz CT molecular complexity index is 622. The maximum absolute atomic E-state index is 9.31. The van der Waals surface area contributed by atoms with E-state index in [4.69, 9.17) is 4.74 Å². The first-order valence-corrected chi connectivity index (χ1v) is 6.44. The Morgan fingerprint density at radius 2 is 2.15 bits per heavy atom. The van der Waals surface area contributed by atoms with Crippen LogP contribution in [0.4, 0.5) is 5.69 Å². The van der Waals surface area contributed by atoms with Gasteiger partial charge in [0, 0.05) is 31.8 Å². The van der Waals surface area contributed by atoms with Crippen LogP contribution in [0.25, 0.3) is 10.9 Å². The lowest BCUT2D eigenvalue weighted by molar-refractivity contribution is 0.203. The monoisotopic (exact) mass is 271 g/mol. The molecule has 1 N–H and O–H groups in total. The quantitative estimate of drug-likeness (QED) is 0.863. The van der Waals surface area contributed by atoms with Crippen molar-refractivity contribution >= 4 is 16.6 Å². The van der Waals surface area contributed by atoms with Gasteiger partial charge in [0.15, 0.2) is 0 Å². The number of methoxy groups -OCH3 is 1. The highest BCUT2D eigenvalue weighted by Gasteiger charge is 2.15. The molecule has 0 aliphatic rings. The zero-order chi connectivity index (χ0) is 14.4. The summed E-state index contributed by atoms with van der Waals surface area (Å²) < 4.78 is 5.10. The summed E-state index contributed by atoms with van der Waals surface area (Å²) in [6.07, 6.45) is 1.58. The van der Waals surface area contributed by atoms with Crippen molar-refractivity contribution in [3.63, 3.8) is 0 Å². The number of benzene rings is 1. The molecule has 1 aromatic heterocycles. The normalized spacial score (nSPS) is 10.4. The van der Waals surface area contributed by atoms with Crippen LogP contribution in [0.5, 0.6) is 0 Å². The summed E-state index contributed by atoms with van der Waals surface area (Å²) in [5, 5.41) is 19.5. The molecule has 2 aromatic rings. The molecule has 1 heterocycles. The van der Waals surface area contributed by atoms with Crippen LogP contribution in [-0.4, -0.2) is 43.5 Å². The number of fused-ring (bicyclic) bond motifs is 1. The van der Waals surface area contributed by atoms with E-state index in [1.807, 2.05) is 29.2 Å². The second kappa shape index (κ2) is 6.85. The van der Waals surface area contributed by atoms with Gasteiger partial charge in [0.1, 0.15) is 6.07 Å². The molecule has 5 nitrogen and oxygen atoms in total. The van der Waals surface area contributed by atoms with Crippen LogP contribution in [0, 0.1) is 11.3 Å². The van der Waals surface area contributed by atoms with Crippen molar-refractivity contribution in [2.24, 2.45) is 0 Å². The molecule has 5 heteroatoms. The average molecular weight is 271 g/mol. The minimum absolute atomic E-state index is 0.0191. The molecule has 0 bridgehead atoms. The molecular weight excluding hydrogens is 254 g/mol. The number of ether oxygens (including phenoxy) is 1. The van der Waals surface area contributed by atoms with Gasteiger partial charge in [-0.3, -0.25) is 4.98 Å². The number of rotatable bonds is 6. The van der Waals surface area contributed by atoms with Crippen LogP contribution in [0.1, 0.15) is 5.56 Å². The fourth-order valence-electron chi connectivity index (χ4n) is 2.21. The number of hydrogen-bond donors (Lipinski definition) is 1. The Morgan fingerprint density at radius 3 is 2.85 bits per heavy atom. The number of nitriles is 1. The fourth-order valence-corrected chi connectivity index (χ4v) is 2.21. The molecule has 0 spiro atoms. The maximum atomic E-state index is 9.31. The van der Waals surface area contributed by atoms with Crippen molar-refractivity contribution in [1.29, 1.82) is 5.26 Å². The predicted molar refractivity (Wildman–Crippen MR) is 77.6 cm³/mol. The molecule has 0 amide bonds. The van der Waals surface area contributed by atoms with Crippen molar-refractivity contribution in [3.8, 4) is 6.07 Å². The van der Waals surface area contributed by atoms with Gasteiger partial charge in [-0.15, -0.1) is 0 Å². The molecule has 0 aliphatic heterocycles. The molecule has 2 rings (SSSR count). The van der Waals surface area contributed by atoms with Gasteiger partial charge in [-0.2, -0.15) is 5.26 Å². The zero-order valence-electron chi connectivity index (χ0n) is 11.4. The van der Waals surface area contributed by atoms with E-state index in [1.165, 1.54) is 0 Å². The topological polar surface area (TPSA) is 69.4 Å². The first-order chi connectivity index (χ1) is 9.81. The van der Waals surface area contributed by atoms with Gasteiger partial charge >= 0.3 is 0 Å². The van der Waals surface area contributed by atoms with Crippen LogP contribution in [-0.2, 0) is 4.74 Å². The molecule has 0 atom stereocenters. The largest absolute Gasteiger partial charge is 0.395 e. The van der Waals surface area contributed by atoms with E-state index in [1.54, 1.807) is 13.3 Å². The molecule has 0 saturated heterocycles. The molecule has 0 fully saturated rings. The second-order valence-electron chi connectivity index (χ2n) is 4.35. The lowest BCUT2D eigenvalue weighted by Gasteiger charge is -2.25. The fraction of sp³-hybridized carbons (Fsp3) is 0.333. The highest BCUT2D eigenvalue weighted by Crippen LogP contribution is 2.28. The van der Waals surface area contributed by atoms with Crippen molar-refractivity contribution < 1.29 is 9.84 Å². The third kappa shape index (κ3) is 2.87. The Morgan fingerprint density at radius 1 is 1.35 bits per heavy atom. The summed E-state index contributed by atoms with van der Waals surface area (Å²) in [6.45, 7) is 1.61. The van der Waals surface area contributed by atoms with Gasteiger partial charge in [0.2, 0.25) is 0 Å². The third-order valence-electron chi connectivity index (χ3n) is 3.12. The number of nitrogens with zero attached hydrogens (tertiary/aromatic N) is 3. The van der Waals surface area contributed by atoms with E-state index in [0.29, 0.717) is 25.3 Å². The van der Waals surface area contributed by atoms with Crippen molar-refractivity contribution in [2.45, 2.75) is 0 Å². The lowest BCUT2D eigenvalue weighted by atomic mass is 10.1. The summed E-state index contributed by atoms with van der Waals surface area (Å²) in [6, 6.07) is 9.86. The second-order valence-corrected chi connectivity index (χ2v) is 4.35. The maximum Gasteiger partial charge on any atom is 0.103 e. The summed E-state index contributed by atoms with van der Waals surface area (Å²) in [5.41, 5.74) is 2.15. The summed E-state index contributed by atoms with van der Waals surface area (Å²) >= 11 is 0. The minimum atomic E-state index is 0.0191.